The molecule has 2 heterocycles. The number of nitrogens with zero attached hydrogens (tertiary/aromatic N) is 3. The summed E-state index contributed by atoms with van der Waals surface area (Å²) in [5.74, 6) is 0.650. The quantitative estimate of drug-likeness (QED) is 0.799. The third-order valence-electron chi connectivity index (χ3n) is 1.89. The molecular weight excluding hydrogens is 265 g/mol. The van der Waals surface area contributed by atoms with Crippen LogP contribution in [0.3, 0.4) is 0 Å². The number of hydrogen-bond acceptors (Lipinski definition) is 2. The maximum Gasteiger partial charge on any atom is 0.172 e. The van der Waals surface area contributed by atoms with E-state index in [1.54, 1.807) is 29.2 Å². The molecule has 0 atom stereocenters. The highest BCUT2D eigenvalue weighted by Gasteiger charge is 2.09. The first-order valence-corrected chi connectivity index (χ1v) is 5.18. The molecule has 2 aromatic rings. The van der Waals surface area contributed by atoms with Crippen LogP contribution in [0.4, 0.5) is 0 Å². The molecule has 0 aliphatic carbocycles. The van der Waals surface area contributed by atoms with Gasteiger partial charge in [-0.15, -0.1) is 0 Å². The summed E-state index contributed by atoms with van der Waals surface area (Å²) in [4.78, 5) is 4.17. The molecule has 0 aliphatic rings. The SMILES string of the molecule is Cc1c(Br)cnn1-c1ncccc1Cl. The molecule has 0 N–H and O–H groups in total. The van der Waals surface area contributed by atoms with E-state index in [0.717, 1.165) is 10.2 Å². The number of halogens is 2. The molecule has 72 valence electrons. The highest BCUT2D eigenvalue weighted by molar-refractivity contribution is 9.10. The van der Waals surface area contributed by atoms with Gasteiger partial charge in [0.05, 0.1) is 21.4 Å². The molecule has 0 fully saturated rings. The monoisotopic (exact) mass is 271 g/mol. The summed E-state index contributed by atoms with van der Waals surface area (Å²) in [5.41, 5.74) is 0.977. The zero-order valence-electron chi connectivity index (χ0n) is 7.41. The lowest BCUT2D eigenvalue weighted by Gasteiger charge is -2.04. The van der Waals surface area contributed by atoms with Crippen LogP contribution in [0.1, 0.15) is 5.69 Å². The van der Waals surface area contributed by atoms with Crippen molar-refractivity contribution in [1.29, 1.82) is 0 Å². The second-order valence-electron chi connectivity index (χ2n) is 2.80. The molecule has 0 radical (unpaired) electrons. The van der Waals surface area contributed by atoms with Crippen LogP contribution in [-0.2, 0) is 0 Å². The highest BCUT2D eigenvalue weighted by Crippen LogP contribution is 2.22. The van der Waals surface area contributed by atoms with Crippen molar-refractivity contribution in [1.82, 2.24) is 14.8 Å². The van der Waals surface area contributed by atoms with Gasteiger partial charge >= 0.3 is 0 Å². The van der Waals surface area contributed by atoms with Crippen LogP contribution < -0.4 is 0 Å². The molecule has 0 amide bonds. The fourth-order valence-electron chi connectivity index (χ4n) is 1.14. The fraction of sp³-hybridized carbons (Fsp3) is 0.111. The molecule has 0 unspecified atom stereocenters. The van der Waals surface area contributed by atoms with Crippen LogP contribution in [0.15, 0.2) is 29.0 Å². The number of hydrogen-bond donors (Lipinski definition) is 0. The summed E-state index contributed by atoms with van der Waals surface area (Å²) >= 11 is 9.39. The Labute approximate surface area is 94.9 Å². The number of rotatable bonds is 1. The van der Waals surface area contributed by atoms with Gasteiger partial charge in [-0.3, -0.25) is 0 Å². The summed E-state index contributed by atoms with van der Waals surface area (Å²) < 4.78 is 2.64. The summed E-state index contributed by atoms with van der Waals surface area (Å²) in [6, 6.07) is 3.58. The second kappa shape index (κ2) is 3.71. The first-order valence-electron chi connectivity index (χ1n) is 4.01. The molecular formula is C9H7BrClN3. The normalized spacial score (nSPS) is 10.5. The summed E-state index contributed by atoms with van der Waals surface area (Å²) in [6.45, 7) is 1.95. The summed E-state index contributed by atoms with van der Waals surface area (Å²) in [5, 5.41) is 4.76. The fourth-order valence-corrected chi connectivity index (χ4v) is 1.60. The van der Waals surface area contributed by atoms with Gasteiger partial charge in [-0.25, -0.2) is 9.67 Å². The van der Waals surface area contributed by atoms with Gasteiger partial charge in [-0.05, 0) is 35.0 Å². The minimum atomic E-state index is 0.589. The van der Waals surface area contributed by atoms with Gasteiger partial charge in [-0.2, -0.15) is 5.10 Å². The lowest BCUT2D eigenvalue weighted by Crippen LogP contribution is -2.01. The average Bonchev–Trinajstić information content (AvgIpc) is 2.49. The Kier molecular flexibility index (Phi) is 2.56. The van der Waals surface area contributed by atoms with E-state index in [1.807, 2.05) is 6.92 Å². The van der Waals surface area contributed by atoms with Gasteiger partial charge in [0.25, 0.3) is 0 Å². The molecule has 5 heteroatoms. The zero-order valence-corrected chi connectivity index (χ0v) is 9.75. The van der Waals surface area contributed by atoms with E-state index < -0.39 is 0 Å². The molecule has 0 saturated heterocycles. The van der Waals surface area contributed by atoms with Crippen molar-refractivity contribution in [2.75, 3.05) is 0 Å². The Morgan fingerprint density at radius 2 is 2.29 bits per heavy atom. The van der Waals surface area contributed by atoms with Crippen LogP contribution in [0.2, 0.25) is 5.02 Å². The maximum absolute atomic E-state index is 6.00. The Morgan fingerprint density at radius 1 is 1.50 bits per heavy atom. The minimum Gasteiger partial charge on any atom is -0.236 e. The van der Waals surface area contributed by atoms with Gasteiger partial charge in [0.15, 0.2) is 5.82 Å². The predicted molar refractivity (Wildman–Crippen MR) is 58.8 cm³/mol. The van der Waals surface area contributed by atoms with Crippen molar-refractivity contribution in [2.45, 2.75) is 6.92 Å². The standard InChI is InChI=1S/C9H7BrClN3/c1-6-7(10)5-13-14(6)9-8(11)3-2-4-12-9/h2-5H,1H3. The Balaban J connectivity index is 2.60. The molecule has 14 heavy (non-hydrogen) atoms. The minimum absolute atomic E-state index is 0.589. The first-order chi connectivity index (χ1) is 6.70. The second-order valence-corrected chi connectivity index (χ2v) is 4.06. The Morgan fingerprint density at radius 3 is 2.86 bits per heavy atom. The van der Waals surface area contributed by atoms with E-state index >= 15 is 0 Å². The molecule has 2 aromatic heterocycles. The van der Waals surface area contributed by atoms with E-state index in [9.17, 15) is 0 Å². The summed E-state index contributed by atoms with van der Waals surface area (Å²) in [6.07, 6.45) is 3.41. The Hall–Kier alpha value is -0.870. The van der Waals surface area contributed by atoms with Crippen molar-refractivity contribution < 1.29 is 0 Å². The molecule has 0 spiro atoms. The topological polar surface area (TPSA) is 30.7 Å². The van der Waals surface area contributed by atoms with Gasteiger partial charge in [-0.1, -0.05) is 11.6 Å². The van der Waals surface area contributed by atoms with Gasteiger partial charge < -0.3 is 0 Å². The number of aromatic nitrogens is 3. The van der Waals surface area contributed by atoms with Crippen molar-refractivity contribution in [3.8, 4) is 5.82 Å². The zero-order chi connectivity index (χ0) is 10.1. The molecule has 2 rings (SSSR count). The van der Waals surface area contributed by atoms with Crippen LogP contribution in [0.5, 0.6) is 0 Å². The van der Waals surface area contributed by atoms with Gasteiger partial charge in [0.2, 0.25) is 0 Å². The lowest BCUT2D eigenvalue weighted by atomic mass is 10.4. The highest BCUT2D eigenvalue weighted by atomic mass is 79.9. The van der Waals surface area contributed by atoms with Gasteiger partial charge in [0.1, 0.15) is 0 Å². The molecule has 0 aromatic carbocycles. The molecule has 0 saturated carbocycles. The third kappa shape index (κ3) is 1.55. The molecule has 0 bridgehead atoms. The first kappa shape index (κ1) is 9.68. The predicted octanol–water partition coefficient (Wildman–Crippen LogP) is 2.99. The average molecular weight is 273 g/mol. The smallest absolute Gasteiger partial charge is 0.172 e. The van der Waals surface area contributed by atoms with Crippen molar-refractivity contribution in [3.05, 3.63) is 39.7 Å². The van der Waals surface area contributed by atoms with Crippen molar-refractivity contribution >= 4 is 27.5 Å². The van der Waals surface area contributed by atoms with E-state index in [4.69, 9.17) is 11.6 Å². The van der Waals surface area contributed by atoms with E-state index in [0.29, 0.717) is 10.8 Å². The lowest BCUT2D eigenvalue weighted by molar-refractivity contribution is 0.817. The van der Waals surface area contributed by atoms with Crippen molar-refractivity contribution in [3.63, 3.8) is 0 Å². The van der Waals surface area contributed by atoms with Gasteiger partial charge in [0, 0.05) is 6.20 Å². The Bertz CT molecular complexity index is 467. The molecule has 0 aliphatic heterocycles. The maximum atomic E-state index is 6.00. The van der Waals surface area contributed by atoms with Crippen molar-refractivity contribution in [2.24, 2.45) is 0 Å². The number of pyridine rings is 1. The van der Waals surface area contributed by atoms with Crippen LogP contribution >= 0.6 is 27.5 Å². The largest absolute Gasteiger partial charge is 0.236 e. The van der Waals surface area contributed by atoms with Crippen LogP contribution in [0, 0.1) is 6.92 Å². The van der Waals surface area contributed by atoms with Crippen LogP contribution in [-0.4, -0.2) is 14.8 Å². The van der Waals surface area contributed by atoms with E-state index in [2.05, 4.69) is 26.0 Å². The summed E-state index contributed by atoms with van der Waals surface area (Å²) in [7, 11) is 0. The van der Waals surface area contributed by atoms with E-state index in [-0.39, 0.29) is 0 Å². The molecule has 3 nitrogen and oxygen atoms in total. The van der Waals surface area contributed by atoms with Crippen LogP contribution in [0.25, 0.3) is 5.82 Å². The van der Waals surface area contributed by atoms with E-state index in [1.165, 1.54) is 0 Å². The third-order valence-corrected chi connectivity index (χ3v) is 2.96.